The van der Waals surface area contributed by atoms with E-state index in [9.17, 15) is 0 Å². The fourth-order valence-corrected chi connectivity index (χ4v) is 2.68. The van der Waals surface area contributed by atoms with Gasteiger partial charge in [-0.05, 0) is 67.4 Å². The topological polar surface area (TPSA) is 52.1 Å². The zero-order valence-electron chi connectivity index (χ0n) is 17.0. The summed E-state index contributed by atoms with van der Waals surface area (Å²) in [7, 11) is 1.64. The molecule has 0 aromatic heterocycles. The average Bonchev–Trinajstić information content (AvgIpc) is 2.75. The number of nitrogens with one attached hydrogen (secondary N) is 1. The van der Waals surface area contributed by atoms with Gasteiger partial charge in [-0.2, -0.15) is 5.10 Å². The summed E-state index contributed by atoms with van der Waals surface area (Å²) in [4.78, 5) is 0. The van der Waals surface area contributed by atoms with Crippen LogP contribution in [0.1, 0.15) is 23.6 Å². The van der Waals surface area contributed by atoms with E-state index in [0.717, 1.165) is 22.6 Å². The van der Waals surface area contributed by atoms with E-state index in [1.807, 2.05) is 49.4 Å². The van der Waals surface area contributed by atoms with Gasteiger partial charge in [-0.3, -0.25) is 5.43 Å². The molecule has 0 atom stereocenters. The van der Waals surface area contributed by atoms with Crippen LogP contribution in [0.3, 0.4) is 0 Å². The molecule has 150 valence electrons. The van der Waals surface area contributed by atoms with Gasteiger partial charge in [0.05, 0.1) is 25.6 Å². The van der Waals surface area contributed by atoms with Crippen LogP contribution in [0.15, 0.2) is 71.8 Å². The maximum atomic E-state index is 5.97. The maximum absolute atomic E-state index is 5.97. The molecule has 0 fully saturated rings. The van der Waals surface area contributed by atoms with Gasteiger partial charge in [0.25, 0.3) is 0 Å². The second-order valence-electron chi connectivity index (χ2n) is 6.51. The summed E-state index contributed by atoms with van der Waals surface area (Å²) in [5.41, 5.74) is 7.15. The zero-order chi connectivity index (χ0) is 20.5. The van der Waals surface area contributed by atoms with Crippen LogP contribution in [0.5, 0.6) is 17.2 Å². The molecule has 0 heterocycles. The Morgan fingerprint density at radius 3 is 2.34 bits per heavy atom. The van der Waals surface area contributed by atoms with Crippen LogP contribution in [0.25, 0.3) is 0 Å². The molecule has 3 aromatic carbocycles. The van der Waals surface area contributed by atoms with Gasteiger partial charge in [0.2, 0.25) is 0 Å². The minimum Gasteiger partial charge on any atom is -0.497 e. The van der Waals surface area contributed by atoms with E-state index in [-0.39, 0.29) is 0 Å². The van der Waals surface area contributed by atoms with Gasteiger partial charge < -0.3 is 14.2 Å². The van der Waals surface area contributed by atoms with Crippen LogP contribution in [0, 0.1) is 6.92 Å². The number of rotatable bonds is 9. The third kappa shape index (κ3) is 6.01. The summed E-state index contributed by atoms with van der Waals surface area (Å²) >= 11 is 0. The predicted molar refractivity (Wildman–Crippen MR) is 117 cm³/mol. The second kappa shape index (κ2) is 10.2. The van der Waals surface area contributed by atoms with Crippen molar-refractivity contribution >= 4 is 11.9 Å². The molecule has 0 unspecified atom stereocenters. The van der Waals surface area contributed by atoms with E-state index in [4.69, 9.17) is 14.2 Å². The van der Waals surface area contributed by atoms with Gasteiger partial charge in [-0.15, -0.1) is 0 Å². The molecule has 29 heavy (non-hydrogen) atoms. The van der Waals surface area contributed by atoms with Crippen molar-refractivity contribution in [3.8, 4) is 17.2 Å². The minimum absolute atomic E-state index is 0.493. The van der Waals surface area contributed by atoms with Crippen molar-refractivity contribution in [3.05, 3.63) is 83.4 Å². The summed E-state index contributed by atoms with van der Waals surface area (Å²) in [6.45, 7) is 5.08. The largest absolute Gasteiger partial charge is 0.497 e. The minimum atomic E-state index is 0.493. The molecule has 0 amide bonds. The fourth-order valence-electron chi connectivity index (χ4n) is 2.68. The Morgan fingerprint density at radius 2 is 1.66 bits per heavy atom. The number of methoxy groups -OCH3 is 1. The number of hydrazone groups is 1. The summed E-state index contributed by atoms with van der Waals surface area (Å²) < 4.78 is 16.9. The number of nitrogens with zero attached hydrogens (tertiary/aromatic N) is 1. The SMILES string of the molecule is CCOc1cc(/C=N/Nc2ccc(OC)cc2)ccc1OCc1ccc(C)cc1. The Hall–Kier alpha value is -3.47. The van der Waals surface area contributed by atoms with Crippen LogP contribution in [0.2, 0.25) is 0 Å². The Balaban J connectivity index is 1.65. The summed E-state index contributed by atoms with van der Waals surface area (Å²) in [6.07, 6.45) is 1.75. The molecule has 3 rings (SSSR count). The number of ether oxygens (including phenoxy) is 3. The molecule has 0 aliphatic carbocycles. The number of hydrogen-bond acceptors (Lipinski definition) is 5. The lowest BCUT2D eigenvalue weighted by molar-refractivity contribution is 0.269. The molecular weight excluding hydrogens is 364 g/mol. The van der Waals surface area contributed by atoms with Crippen LogP contribution in [-0.4, -0.2) is 19.9 Å². The van der Waals surface area contributed by atoms with Crippen LogP contribution >= 0.6 is 0 Å². The van der Waals surface area contributed by atoms with E-state index in [0.29, 0.717) is 24.7 Å². The highest BCUT2D eigenvalue weighted by Gasteiger charge is 2.06. The number of aryl methyl sites for hydroxylation is 1. The highest BCUT2D eigenvalue weighted by atomic mass is 16.5. The van der Waals surface area contributed by atoms with Gasteiger partial charge in [-0.1, -0.05) is 29.8 Å². The first-order chi connectivity index (χ1) is 14.2. The summed E-state index contributed by atoms with van der Waals surface area (Å²) in [5.74, 6) is 2.22. The normalized spacial score (nSPS) is 10.7. The van der Waals surface area contributed by atoms with Crippen LogP contribution < -0.4 is 19.6 Å². The van der Waals surface area contributed by atoms with E-state index >= 15 is 0 Å². The Morgan fingerprint density at radius 1 is 0.897 bits per heavy atom. The lowest BCUT2D eigenvalue weighted by Gasteiger charge is -2.13. The molecule has 0 aliphatic heterocycles. The maximum Gasteiger partial charge on any atom is 0.161 e. The lowest BCUT2D eigenvalue weighted by atomic mass is 10.2. The quantitative estimate of drug-likeness (QED) is 0.391. The smallest absolute Gasteiger partial charge is 0.161 e. The molecule has 5 heteroatoms. The number of hydrogen-bond donors (Lipinski definition) is 1. The Bertz CT molecular complexity index is 935. The van der Waals surface area contributed by atoms with Crippen molar-refractivity contribution in [3.63, 3.8) is 0 Å². The van der Waals surface area contributed by atoms with E-state index in [2.05, 4.69) is 41.7 Å². The standard InChI is InChI=1S/C24H26N2O3/c1-4-28-24-15-20(16-25-26-21-10-12-22(27-3)13-11-21)9-14-23(24)29-17-19-7-5-18(2)6-8-19/h5-16,26H,4,17H2,1-3H3/b25-16+. The lowest BCUT2D eigenvalue weighted by Crippen LogP contribution is -2.00. The molecular formula is C24H26N2O3. The molecule has 1 N–H and O–H groups in total. The van der Waals surface area contributed by atoms with Gasteiger partial charge >= 0.3 is 0 Å². The monoisotopic (exact) mass is 390 g/mol. The molecule has 0 saturated carbocycles. The Kier molecular flexibility index (Phi) is 7.11. The van der Waals surface area contributed by atoms with Crippen molar-refractivity contribution in [2.45, 2.75) is 20.5 Å². The summed E-state index contributed by atoms with van der Waals surface area (Å²) in [5, 5.41) is 4.29. The van der Waals surface area contributed by atoms with Gasteiger partial charge in [-0.25, -0.2) is 0 Å². The first kappa shape index (κ1) is 20.3. The van der Waals surface area contributed by atoms with Crippen molar-refractivity contribution < 1.29 is 14.2 Å². The highest BCUT2D eigenvalue weighted by Crippen LogP contribution is 2.29. The highest BCUT2D eigenvalue weighted by molar-refractivity contribution is 5.81. The van der Waals surface area contributed by atoms with Crippen molar-refractivity contribution in [1.29, 1.82) is 0 Å². The molecule has 0 radical (unpaired) electrons. The third-order valence-electron chi connectivity index (χ3n) is 4.28. The molecule has 0 spiro atoms. The van der Waals surface area contributed by atoms with Gasteiger partial charge in [0, 0.05) is 0 Å². The van der Waals surface area contributed by atoms with E-state index in [1.54, 1.807) is 13.3 Å². The van der Waals surface area contributed by atoms with E-state index < -0.39 is 0 Å². The molecule has 5 nitrogen and oxygen atoms in total. The van der Waals surface area contributed by atoms with Gasteiger partial charge in [0.1, 0.15) is 12.4 Å². The van der Waals surface area contributed by atoms with Crippen LogP contribution in [-0.2, 0) is 6.61 Å². The number of benzene rings is 3. The number of anilines is 1. The molecule has 3 aromatic rings. The molecule has 0 aliphatic rings. The van der Waals surface area contributed by atoms with Crippen molar-refractivity contribution in [2.75, 3.05) is 19.1 Å². The average molecular weight is 390 g/mol. The predicted octanol–water partition coefficient (Wildman–Crippen LogP) is 5.43. The first-order valence-electron chi connectivity index (χ1n) is 9.56. The van der Waals surface area contributed by atoms with E-state index in [1.165, 1.54) is 5.56 Å². The van der Waals surface area contributed by atoms with Crippen LogP contribution in [0.4, 0.5) is 5.69 Å². The molecule has 0 saturated heterocycles. The summed E-state index contributed by atoms with van der Waals surface area (Å²) in [6, 6.07) is 21.7. The second-order valence-corrected chi connectivity index (χ2v) is 6.51. The van der Waals surface area contributed by atoms with Crippen molar-refractivity contribution in [2.24, 2.45) is 5.10 Å². The van der Waals surface area contributed by atoms with Crippen molar-refractivity contribution in [1.82, 2.24) is 0 Å². The fraction of sp³-hybridized carbons (Fsp3) is 0.208. The molecule has 0 bridgehead atoms. The third-order valence-corrected chi connectivity index (χ3v) is 4.28. The Labute approximate surface area is 171 Å². The first-order valence-corrected chi connectivity index (χ1v) is 9.56. The van der Waals surface area contributed by atoms with Gasteiger partial charge in [0.15, 0.2) is 11.5 Å². The zero-order valence-corrected chi connectivity index (χ0v) is 17.0.